The summed E-state index contributed by atoms with van der Waals surface area (Å²) in [6.07, 6.45) is 4.75. The number of nitrogens with one attached hydrogen (secondary N) is 2. The van der Waals surface area contributed by atoms with Crippen LogP contribution in [0.4, 0.5) is 19.0 Å². The summed E-state index contributed by atoms with van der Waals surface area (Å²) in [5, 5.41) is 21.1. The Bertz CT molecular complexity index is 1860. The lowest BCUT2D eigenvalue weighted by Crippen LogP contribution is -2.50. The van der Waals surface area contributed by atoms with Crippen LogP contribution in [0, 0.1) is 23.5 Å². The standard InChI is InChI=1S/C34H36F3N7O3/c35-20-11-34(7-1-9-43(34)15-20)17-47-33-40-30-27-31(46-16-25-19-3-2-18(12-38-13-19)14-44(25)32(27)41-33)29(37)26(28(30)36)23-10-21(45)4-5-22(23)24-6-8-39-42-24/h4-6,8,10,18-20,25,38,45H,1-3,7,9,11-17H2,(H,39,42)/t18?,19?,20-,25?,34+/m1/s1. The molecular formula is C34H36F3N7O3. The van der Waals surface area contributed by atoms with Crippen molar-refractivity contribution in [3.8, 4) is 39.9 Å². The fourth-order valence-electron chi connectivity index (χ4n) is 8.82. The predicted octanol–water partition coefficient (Wildman–Crippen LogP) is 4.82. The van der Waals surface area contributed by atoms with Crippen LogP contribution in [-0.2, 0) is 0 Å². The molecule has 5 aliphatic heterocycles. The molecule has 0 radical (unpaired) electrons. The van der Waals surface area contributed by atoms with E-state index in [0.29, 0.717) is 42.5 Å². The average Bonchev–Trinajstić information content (AvgIpc) is 3.67. The van der Waals surface area contributed by atoms with E-state index in [0.717, 1.165) is 45.3 Å². The minimum atomic E-state index is -0.930. The third-order valence-electron chi connectivity index (χ3n) is 11.1. The van der Waals surface area contributed by atoms with Gasteiger partial charge in [0.1, 0.15) is 36.5 Å². The van der Waals surface area contributed by atoms with Gasteiger partial charge in [-0.25, -0.2) is 13.2 Å². The summed E-state index contributed by atoms with van der Waals surface area (Å²) in [6, 6.07) is 5.90. The Morgan fingerprint density at radius 3 is 2.87 bits per heavy atom. The van der Waals surface area contributed by atoms with Crippen LogP contribution in [0.25, 0.3) is 33.3 Å². The smallest absolute Gasteiger partial charge is 0.319 e. The van der Waals surface area contributed by atoms with E-state index in [1.807, 2.05) is 0 Å². The van der Waals surface area contributed by atoms with Gasteiger partial charge in [0.2, 0.25) is 0 Å². The zero-order valence-electron chi connectivity index (χ0n) is 25.8. The normalized spacial score (nSPS) is 28.4. The molecule has 0 aliphatic carbocycles. The fourth-order valence-corrected chi connectivity index (χ4v) is 8.82. The van der Waals surface area contributed by atoms with Crippen molar-refractivity contribution in [1.29, 1.82) is 0 Å². The average molecular weight is 648 g/mol. The largest absolute Gasteiger partial charge is 0.508 e. The first-order chi connectivity index (χ1) is 22.9. The third kappa shape index (κ3) is 4.64. The molecular weight excluding hydrogens is 611 g/mol. The highest BCUT2D eigenvalue weighted by Crippen LogP contribution is 2.49. The minimum absolute atomic E-state index is 0.0312. The lowest BCUT2D eigenvalue weighted by molar-refractivity contribution is 0.107. The zero-order chi connectivity index (χ0) is 31.9. The Morgan fingerprint density at radius 2 is 2.00 bits per heavy atom. The summed E-state index contributed by atoms with van der Waals surface area (Å²) >= 11 is 0. The molecule has 3 unspecified atom stereocenters. The van der Waals surface area contributed by atoms with E-state index in [4.69, 9.17) is 14.5 Å². The molecule has 5 atom stereocenters. The Kier molecular flexibility index (Phi) is 6.79. The van der Waals surface area contributed by atoms with Gasteiger partial charge in [-0.2, -0.15) is 15.1 Å². The number of phenolic OH excluding ortho intramolecular Hbond substituents is 1. The number of benzene rings is 2. The van der Waals surface area contributed by atoms with Crippen molar-refractivity contribution in [3.05, 3.63) is 42.1 Å². The topological polar surface area (TPSA) is 112 Å². The molecule has 7 heterocycles. The molecule has 4 aromatic rings. The van der Waals surface area contributed by atoms with Gasteiger partial charge in [0.15, 0.2) is 17.4 Å². The lowest BCUT2D eigenvalue weighted by Gasteiger charge is -2.37. The first-order valence-electron chi connectivity index (χ1n) is 16.6. The number of hydrogen-bond donors (Lipinski definition) is 3. The molecule has 9 rings (SSSR count). The van der Waals surface area contributed by atoms with E-state index >= 15 is 8.78 Å². The molecule has 5 aliphatic rings. The van der Waals surface area contributed by atoms with Crippen molar-refractivity contribution in [3.63, 3.8) is 0 Å². The summed E-state index contributed by atoms with van der Waals surface area (Å²) in [4.78, 5) is 13.8. The molecule has 0 saturated carbocycles. The van der Waals surface area contributed by atoms with E-state index in [1.54, 1.807) is 18.3 Å². The summed E-state index contributed by atoms with van der Waals surface area (Å²) in [5.74, 6) is -1.15. The van der Waals surface area contributed by atoms with Gasteiger partial charge in [0.05, 0.1) is 28.2 Å². The molecule has 0 spiro atoms. The maximum atomic E-state index is 17.1. The van der Waals surface area contributed by atoms with Crippen molar-refractivity contribution in [2.24, 2.45) is 11.8 Å². The first-order valence-corrected chi connectivity index (χ1v) is 16.6. The van der Waals surface area contributed by atoms with Crippen LogP contribution in [-0.4, -0.2) is 93.9 Å². The van der Waals surface area contributed by atoms with Crippen molar-refractivity contribution in [2.75, 3.05) is 50.8 Å². The number of rotatable bonds is 5. The van der Waals surface area contributed by atoms with Crippen LogP contribution in [0.15, 0.2) is 30.5 Å². The highest BCUT2D eigenvalue weighted by Gasteiger charge is 2.49. The summed E-state index contributed by atoms with van der Waals surface area (Å²) in [7, 11) is 0. The quantitative estimate of drug-likeness (QED) is 0.281. The van der Waals surface area contributed by atoms with Gasteiger partial charge in [-0.1, -0.05) is 0 Å². The van der Waals surface area contributed by atoms with Crippen molar-refractivity contribution in [2.45, 2.75) is 49.9 Å². The molecule has 10 nitrogen and oxygen atoms in total. The van der Waals surface area contributed by atoms with Gasteiger partial charge in [0.25, 0.3) is 0 Å². The monoisotopic (exact) mass is 647 g/mol. The van der Waals surface area contributed by atoms with Gasteiger partial charge in [-0.05, 0) is 74.9 Å². The van der Waals surface area contributed by atoms with Crippen LogP contribution >= 0.6 is 0 Å². The number of H-pyrrole nitrogens is 1. The molecule has 2 bridgehead atoms. The van der Waals surface area contributed by atoms with Gasteiger partial charge < -0.3 is 24.8 Å². The predicted molar refractivity (Wildman–Crippen MR) is 168 cm³/mol. The van der Waals surface area contributed by atoms with Crippen LogP contribution < -0.4 is 19.7 Å². The van der Waals surface area contributed by atoms with Crippen molar-refractivity contribution in [1.82, 2.24) is 30.4 Å². The molecule has 4 fully saturated rings. The third-order valence-corrected chi connectivity index (χ3v) is 11.1. The number of phenols is 1. The van der Waals surface area contributed by atoms with Crippen molar-refractivity contribution >= 4 is 16.7 Å². The maximum absolute atomic E-state index is 17.1. The number of fused-ring (bicyclic) bond motifs is 7. The summed E-state index contributed by atoms with van der Waals surface area (Å²) < 4.78 is 61.3. The van der Waals surface area contributed by atoms with Gasteiger partial charge >= 0.3 is 6.01 Å². The van der Waals surface area contributed by atoms with E-state index in [2.05, 4.69) is 30.3 Å². The van der Waals surface area contributed by atoms with Crippen LogP contribution in [0.3, 0.4) is 0 Å². The number of ether oxygens (including phenoxy) is 2. The molecule has 13 heteroatoms. The zero-order valence-corrected chi connectivity index (χ0v) is 25.8. The summed E-state index contributed by atoms with van der Waals surface area (Å²) in [6.45, 7) is 3.82. The Morgan fingerprint density at radius 1 is 1.09 bits per heavy atom. The molecule has 2 aromatic carbocycles. The first kappa shape index (κ1) is 29.1. The second-order valence-electron chi connectivity index (χ2n) is 13.8. The molecule has 2 aromatic heterocycles. The number of hydrogen-bond acceptors (Lipinski definition) is 9. The van der Waals surface area contributed by atoms with Gasteiger partial charge in [0, 0.05) is 43.4 Å². The van der Waals surface area contributed by atoms with Crippen molar-refractivity contribution < 1.29 is 27.8 Å². The van der Waals surface area contributed by atoms with Crippen LogP contribution in [0.1, 0.15) is 32.1 Å². The van der Waals surface area contributed by atoms with E-state index < -0.39 is 23.3 Å². The van der Waals surface area contributed by atoms with E-state index in [9.17, 15) is 9.50 Å². The maximum Gasteiger partial charge on any atom is 0.319 e. The highest BCUT2D eigenvalue weighted by molar-refractivity contribution is 6.01. The number of aromatic nitrogens is 4. The molecule has 47 heavy (non-hydrogen) atoms. The number of alkyl halides is 1. The highest BCUT2D eigenvalue weighted by atomic mass is 19.1. The molecule has 246 valence electrons. The second kappa shape index (κ2) is 11.0. The van der Waals surface area contributed by atoms with Crippen LogP contribution in [0.2, 0.25) is 0 Å². The second-order valence-corrected chi connectivity index (χ2v) is 13.8. The Balaban J connectivity index is 1.24. The SMILES string of the molecule is Oc1ccc(-c2ccn[nH]2)c(-c2c(F)c3c4c(nc(OC[C@@]56CCCN5C[C@H](F)C6)nc4c2F)N2CC4CCC(CNC4)C2CO3)c1. The number of halogens is 3. The number of anilines is 1. The molecule has 0 amide bonds. The number of aromatic amines is 1. The van der Waals surface area contributed by atoms with Gasteiger partial charge in [-0.3, -0.25) is 10.00 Å². The van der Waals surface area contributed by atoms with E-state index in [-0.39, 0.29) is 64.7 Å². The molecule has 3 N–H and O–H groups in total. The fraction of sp³-hybridized carbons (Fsp3) is 0.500. The van der Waals surface area contributed by atoms with E-state index in [1.165, 1.54) is 12.1 Å². The Hall–Kier alpha value is -4.10. The lowest BCUT2D eigenvalue weighted by atomic mass is 9.94. The van der Waals surface area contributed by atoms with Crippen LogP contribution in [0.5, 0.6) is 17.5 Å². The molecule has 4 saturated heterocycles. The van der Waals surface area contributed by atoms with Gasteiger partial charge in [-0.15, -0.1) is 0 Å². The number of aromatic hydroxyl groups is 1. The minimum Gasteiger partial charge on any atom is -0.508 e. The Labute approximate surface area is 269 Å². The number of nitrogens with zero attached hydrogens (tertiary/aromatic N) is 5. The summed E-state index contributed by atoms with van der Waals surface area (Å²) in [5.41, 5.74) is 0.125.